The molecule has 15 heavy (non-hydrogen) atoms. The predicted octanol–water partition coefficient (Wildman–Crippen LogP) is 1.20. The number of hydrogen-bond donors (Lipinski definition) is 1. The lowest BCUT2D eigenvalue weighted by Crippen LogP contribution is -2.42. The fourth-order valence-corrected chi connectivity index (χ4v) is 1.56. The van der Waals surface area contributed by atoms with E-state index in [9.17, 15) is 9.59 Å². The summed E-state index contributed by atoms with van der Waals surface area (Å²) < 4.78 is 0. The summed E-state index contributed by atoms with van der Waals surface area (Å²) in [4.78, 5) is 23.5. The highest BCUT2D eigenvalue weighted by atomic mass is 16.2. The van der Waals surface area contributed by atoms with Gasteiger partial charge in [0, 0.05) is 6.54 Å². The average molecular weight is 204 g/mol. The second-order valence-corrected chi connectivity index (χ2v) is 3.40. The summed E-state index contributed by atoms with van der Waals surface area (Å²) in [6, 6.07) is 6.85. The topological polar surface area (TPSA) is 49.4 Å². The molecule has 0 spiro atoms. The number of fused-ring (bicyclic) bond motifs is 1. The number of amides is 2. The van der Waals surface area contributed by atoms with Gasteiger partial charge in [0.05, 0.1) is 11.1 Å². The molecule has 78 valence electrons. The Bertz CT molecular complexity index is 380. The molecular weight excluding hydrogens is 192 g/mol. The van der Waals surface area contributed by atoms with Gasteiger partial charge in [-0.05, 0) is 18.6 Å². The van der Waals surface area contributed by atoms with E-state index in [0.29, 0.717) is 17.7 Å². The van der Waals surface area contributed by atoms with Gasteiger partial charge in [-0.3, -0.25) is 9.59 Å². The minimum atomic E-state index is -0.260. The Hall–Kier alpha value is -1.68. The second-order valence-electron chi connectivity index (χ2n) is 3.40. The van der Waals surface area contributed by atoms with Gasteiger partial charge in [-0.15, -0.1) is 0 Å². The molecule has 1 aliphatic rings. The molecule has 1 aliphatic heterocycles. The average Bonchev–Trinajstić information content (AvgIpc) is 2.51. The fourth-order valence-electron chi connectivity index (χ4n) is 1.56. The zero-order valence-corrected chi connectivity index (χ0v) is 8.49. The third kappa shape index (κ3) is 1.53. The summed E-state index contributed by atoms with van der Waals surface area (Å²) in [5.74, 6) is -0.520. The highest BCUT2D eigenvalue weighted by Crippen LogP contribution is 2.20. The van der Waals surface area contributed by atoms with Crippen LogP contribution in [0.2, 0.25) is 0 Å². The summed E-state index contributed by atoms with van der Waals surface area (Å²) in [5.41, 5.74) is 3.77. The molecule has 2 amide bonds. The molecule has 0 atom stereocenters. The van der Waals surface area contributed by atoms with Gasteiger partial charge in [-0.1, -0.05) is 19.1 Å². The van der Waals surface area contributed by atoms with Crippen LogP contribution in [0.1, 0.15) is 34.1 Å². The monoisotopic (exact) mass is 204 g/mol. The van der Waals surface area contributed by atoms with Gasteiger partial charge in [-0.2, -0.15) is 0 Å². The van der Waals surface area contributed by atoms with Gasteiger partial charge in [0.1, 0.15) is 0 Å². The molecule has 1 heterocycles. The minimum Gasteiger partial charge on any atom is -0.267 e. The molecule has 1 aromatic carbocycles. The lowest BCUT2D eigenvalue weighted by Gasteiger charge is -2.13. The number of carbonyl (C=O) groups is 2. The zero-order chi connectivity index (χ0) is 10.8. The Balaban J connectivity index is 2.29. The third-order valence-electron chi connectivity index (χ3n) is 2.31. The van der Waals surface area contributed by atoms with Crippen LogP contribution in [0, 0.1) is 0 Å². The predicted molar refractivity (Wildman–Crippen MR) is 55.2 cm³/mol. The van der Waals surface area contributed by atoms with Gasteiger partial charge in [0.2, 0.25) is 0 Å². The van der Waals surface area contributed by atoms with Crippen LogP contribution in [-0.4, -0.2) is 23.4 Å². The maximum absolute atomic E-state index is 11.8. The summed E-state index contributed by atoms with van der Waals surface area (Å²) in [7, 11) is 0. The van der Waals surface area contributed by atoms with E-state index in [1.165, 1.54) is 0 Å². The zero-order valence-electron chi connectivity index (χ0n) is 8.49. The summed E-state index contributed by atoms with van der Waals surface area (Å²) in [6.07, 6.45) is 0.868. The Morgan fingerprint density at radius 1 is 1.13 bits per heavy atom. The molecule has 0 radical (unpaired) electrons. The van der Waals surface area contributed by atoms with Crippen molar-refractivity contribution >= 4 is 11.8 Å². The fraction of sp³-hybridized carbons (Fsp3) is 0.273. The molecule has 2 rings (SSSR count). The van der Waals surface area contributed by atoms with Crippen molar-refractivity contribution < 1.29 is 9.59 Å². The maximum atomic E-state index is 11.8. The summed E-state index contributed by atoms with van der Waals surface area (Å²) in [6.45, 7) is 2.59. The van der Waals surface area contributed by atoms with Crippen molar-refractivity contribution in [1.82, 2.24) is 10.4 Å². The Morgan fingerprint density at radius 3 is 2.13 bits per heavy atom. The number of nitrogens with one attached hydrogen (secondary N) is 1. The smallest absolute Gasteiger partial charge is 0.267 e. The lowest BCUT2D eigenvalue weighted by molar-refractivity contribution is 0.0567. The van der Waals surface area contributed by atoms with Crippen molar-refractivity contribution in [3.63, 3.8) is 0 Å². The van der Waals surface area contributed by atoms with E-state index >= 15 is 0 Å². The number of hydrazine groups is 1. The van der Waals surface area contributed by atoms with E-state index < -0.39 is 0 Å². The quantitative estimate of drug-likeness (QED) is 0.752. The molecule has 0 aliphatic carbocycles. The SMILES string of the molecule is CCCNN1C(=O)c2ccccc2C1=O. The van der Waals surface area contributed by atoms with Crippen LogP contribution in [0.15, 0.2) is 24.3 Å². The number of rotatable bonds is 3. The standard InChI is InChI=1S/C11H12N2O2/c1-2-7-12-13-10(14)8-5-3-4-6-9(8)11(13)15/h3-6,12H,2,7H2,1H3. The van der Waals surface area contributed by atoms with Gasteiger partial charge >= 0.3 is 0 Å². The number of imide groups is 1. The summed E-state index contributed by atoms with van der Waals surface area (Å²) >= 11 is 0. The first kappa shape index (κ1) is 9.86. The van der Waals surface area contributed by atoms with Crippen LogP contribution in [0.25, 0.3) is 0 Å². The van der Waals surface area contributed by atoms with E-state index in [1.54, 1.807) is 24.3 Å². The number of benzene rings is 1. The largest absolute Gasteiger partial charge is 0.276 e. The Kier molecular flexibility index (Phi) is 2.51. The van der Waals surface area contributed by atoms with Crippen LogP contribution in [0.3, 0.4) is 0 Å². The minimum absolute atomic E-state index is 0.260. The highest BCUT2D eigenvalue weighted by Gasteiger charge is 2.34. The second kappa shape index (κ2) is 3.82. The maximum Gasteiger partial charge on any atom is 0.276 e. The third-order valence-corrected chi connectivity index (χ3v) is 2.31. The first-order valence-electron chi connectivity index (χ1n) is 4.97. The van der Waals surface area contributed by atoms with E-state index in [-0.39, 0.29) is 11.8 Å². The molecule has 4 heteroatoms. The van der Waals surface area contributed by atoms with Gasteiger partial charge in [-0.25, -0.2) is 10.4 Å². The van der Waals surface area contributed by atoms with Gasteiger partial charge in [0.25, 0.3) is 11.8 Å². The molecule has 0 aromatic heterocycles. The first-order chi connectivity index (χ1) is 7.25. The van der Waals surface area contributed by atoms with Gasteiger partial charge < -0.3 is 0 Å². The van der Waals surface area contributed by atoms with Crippen molar-refractivity contribution in [2.24, 2.45) is 0 Å². The van der Waals surface area contributed by atoms with E-state index in [1.807, 2.05) is 6.92 Å². The molecule has 0 fully saturated rings. The molecule has 0 unspecified atom stereocenters. The normalized spacial score (nSPS) is 14.6. The van der Waals surface area contributed by atoms with Crippen molar-refractivity contribution in [1.29, 1.82) is 0 Å². The first-order valence-corrected chi connectivity index (χ1v) is 4.97. The van der Waals surface area contributed by atoms with Crippen LogP contribution < -0.4 is 5.43 Å². The van der Waals surface area contributed by atoms with E-state index in [4.69, 9.17) is 0 Å². The molecule has 4 nitrogen and oxygen atoms in total. The molecule has 0 bridgehead atoms. The summed E-state index contributed by atoms with van der Waals surface area (Å²) in [5, 5.41) is 1.09. The van der Waals surface area contributed by atoms with Crippen LogP contribution >= 0.6 is 0 Å². The molecule has 1 aromatic rings. The molecule has 1 N–H and O–H groups in total. The Labute approximate surface area is 87.9 Å². The van der Waals surface area contributed by atoms with E-state index in [0.717, 1.165) is 11.4 Å². The number of hydrogen-bond acceptors (Lipinski definition) is 3. The highest BCUT2D eigenvalue weighted by molar-refractivity contribution is 6.20. The number of nitrogens with zero attached hydrogens (tertiary/aromatic N) is 1. The Morgan fingerprint density at radius 2 is 1.67 bits per heavy atom. The van der Waals surface area contributed by atoms with Crippen molar-refractivity contribution in [3.05, 3.63) is 35.4 Å². The molecule has 0 saturated carbocycles. The van der Waals surface area contributed by atoms with E-state index in [2.05, 4.69) is 5.43 Å². The molecular formula is C11H12N2O2. The molecule has 0 saturated heterocycles. The van der Waals surface area contributed by atoms with Crippen molar-refractivity contribution in [2.45, 2.75) is 13.3 Å². The van der Waals surface area contributed by atoms with Crippen LogP contribution in [0.4, 0.5) is 0 Å². The van der Waals surface area contributed by atoms with Crippen LogP contribution in [0.5, 0.6) is 0 Å². The van der Waals surface area contributed by atoms with Crippen molar-refractivity contribution in [2.75, 3.05) is 6.54 Å². The lowest BCUT2D eigenvalue weighted by atomic mass is 10.1. The van der Waals surface area contributed by atoms with Crippen LogP contribution in [-0.2, 0) is 0 Å². The number of carbonyl (C=O) groups excluding carboxylic acids is 2. The van der Waals surface area contributed by atoms with Crippen molar-refractivity contribution in [3.8, 4) is 0 Å². The van der Waals surface area contributed by atoms with Gasteiger partial charge in [0.15, 0.2) is 0 Å².